The lowest BCUT2D eigenvalue weighted by atomic mass is 9.71. The summed E-state index contributed by atoms with van der Waals surface area (Å²) in [5.74, 6) is 1.07. The highest BCUT2D eigenvalue weighted by atomic mass is 16.5. The van der Waals surface area contributed by atoms with Gasteiger partial charge in [-0.25, -0.2) is 9.97 Å². The molecule has 4 aliphatic heterocycles. The maximum absolute atomic E-state index is 5.41. The van der Waals surface area contributed by atoms with Crippen LogP contribution < -0.4 is 9.80 Å². The predicted octanol–water partition coefficient (Wildman–Crippen LogP) is 5.13. The van der Waals surface area contributed by atoms with Crippen LogP contribution in [0.15, 0.2) is 61.1 Å². The Balaban J connectivity index is 0.987. The van der Waals surface area contributed by atoms with Crippen molar-refractivity contribution in [2.45, 2.75) is 38.8 Å². The Bertz CT molecular complexity index is 1600. The van der Waals surface area contributed by atoms with Crippen molar-refractivity contribution in [1.82, 2.24) is 24.3 Å². The highest BCUT2D eigenvalue weighted by Gasteiger charge is 2.48. The van der Waals surface area contributed by atoms with Gasteiger partial charge in [-0.05, 0) is 79.6 Å². The highest BCUT2D eigenvalue weighted by Crippen LogP contribution is 2.43. The maximum atomic E-state index is 5.41. The monoisotopic (exact) mass is 591 g/mol. The van der Waals surface area contributed by atoms with Crippen molar-refractivity contribution in [3.05, 3.63) is 61.1 Å². The Morgan fingerprint density at radius 1 is 0.795 bits per heavy atom. The number of nitrogens with zero attached hydrogens (tertiary/aromatic N) is 7. The molecule has 0 radical (unpaired) electrons. The molecule has 4 fully saturated rings. The molecular formula is C36H45N7O. The summed E-state index contributed by atoms with van der Waals surface area (Å²) >= 11 is 0. The second-order valence-electron chi connectivity index (χ2n) is 13.9. The van der Waals surface area contributed by atoms with Gasteiger partial charge in [0, 0.05) is 88.5 Å². The molecule has 0 unspecified atom stereocenters. The maximum Gasteiger partial charge on any atom is 0.128 e. The van der Waals surface area contributed by atoms with Crippen molar-refractivity contribution in [1.29, 1.82) is 0 Å². The van der Waals surface area contributed by atoms with Crippen LogP contribution in [-0.4, -0.2) is 102 Å². The number of ether oxygens (including phenoxy) is 1. The zero-order valence-corrected chi connectivity index (χ0v) is 26.5. The summed E-state index contributed by atoms with van der Waals surface area (Å²) in [5.41, 5.74) is 8.73. The average molecular weight is 592 g/mol. The minimum absolute atomic E-state index is 0.535. The van der Waals surface area contributed by atoms with Gasteiger partial charge in [-0.15, -0.1) is 0 Å². The van der Waals surface area contributed by atoms with E-state index in [1.807, 2.05) is 12.5 Å². The number of fused-ring (bicyclic) bond motifs is 1. The summed E-state index contributed by atoms with van der Waals surface area (Å²) in [6.45, 7) is 15.5. The molecule has 1 spiro atoms. The van der Waals surface area contributed by atoms with Crippen LogP contribution in [-0.2, 0) is 11.8 Å². The number of benzene rings is 2. The molecule has 0 bridgehead atoms. The number of rotatable bonds is 6. The third kappa shape index (κ3) is 5.07. The lowest BCUT2D eigenvalue weighted by Gasteiger charge is -2.58. The quantitative estimate of drug-likeness (QED) is 0.308. The number of aryl methyl sites for hydroxylation is 1. The van der Waals surface area contributed by atoms with Crippen LogP contribution in [0.2, 0.25) is 0 Å². The van der Waals surface area contributed by atoms with Crippen LogP contribution in [0.5, 0.6) is 0 Å². The smallest absolute Gasteiger partial charge is 0.128 e. The van der Waals surface area contributed by atoms with Crippen LogP contribution in [0, 0.1) is 5.41 Å². The average Bonchev–Trinajstić information content (AvgIpc) is 3.40. The van der Waals surface area contributed by atoms with Crippen molar-refractivity contribution in [2.24, 2.45) is 12.5 Å². The lowest BCUT2D eigenvalue weighted by molar-refractivity contribution is -0.136. The van der Waals surface area contributed by atoms with E-state index in [4.69, 9.17) is 14.7 Å². The second kappa shape index (κ2) is 11.2. The SMILES string of the molecule is CC(C)N1CCN(c2ccc(-c3cc(-c4ccc(N5CCC6(CC5)CN(C5COC5)C6)cc4)c4ncn(C)c4c3)cn2)CC1. The molecule has 4 saturated heterocycles. The molecule has 0 amide bonds. The van der Waals surface area contributed by atoms with Crippen LogP contribution in [0.4, 0.5) is 11.5 Å². The standard InChI is InChI=1S/C36H45N7O/c1-26(2)40-14-16-42(17-15-40)34-9-6-28(20-37-34)29-18-32(35-33(19-29)39(3)25-38-35)27-4-7-30(8-5-27)41-12-10-36(11-13-41)23-43(24-36)31-21-44-22-31/h4-9,18-20,25-26,31H,10-17,21-24H2,1-3H3. The zero-order valence-electron chi connectivity index (χ0n) is 26.5. The predicted molar refractivity (Wildman–Crippen MR) is 178 cm³/mol. The molecule has 8 nitrogen and oxygen atoms in total. The Kier molecular flexibility index (Phi) is 7.11. The molecule has 0 aliphatic carbocycles. The van der Waals surface area contributed by atoms with Gasteiger partial charge in [-0.1, -0.05) is 12.1 Å². The number of hydrogen-bond donors (Lipinski definition) is 0. The molecule has 2 aromatic heterocycles. The molecular weight excluding hydrogens is 546 g/mol. The molecule has 230 valence electrons. The van der Waals surface area contributed by atoms with E-state index in [1.165, 1.54) is 48.3 Å². The largest absolute Gasteiger partial charge is 0.378 e. The van der Waals surface area contributed by atoms with Crippen molar-refractivity contribution < 1.29 is 4.74 Å². The molecule has 8 rings (SSSR count). The summed E-state index contributed by atoms with van der Waals surface area (Å²) < 4.78 is 7.53. The number of likely N-dealkylation sites (tertiary alicyclic amines) is 1. The first-order chi connectivity index (χ1) is 21.4. The van der Waals surface area contributed by atoms with E-state index >= 15 is 0 Å². The number of anilines is 2. The normalized spacial score (nSPS) is 21.3. The van der Waals surface area contributed by atoms with Crippen LogP contribution in [0.1, 0.15) is 26.7 Å². The van der Waals surface area contributed by atoms with E-state index < -0.39 is 0 Å². The van der Waals surface area contributed by atoms with Gasteiger partial charge in [0.15, 0.2) is 0 Å². The number of hydrogen-bond acceptors (Lipinski definition) is 7. The minimum atomic E-state index is 0.535. The Labute approximate surface area is 261 Å². The van der Waals surface area contributed by atoms with Crippen molar-refractivity contribution in [3.63, 3.8) is 0 Å². The topological polar surface area (TPSA) is 52.9 Å². The van der Waals surface area contributed by atoms with E-state index in [1.54, 1.807) is 0 Å². The molecule has 0 atom stereocenters. The molecule has 4 aliphatic rings. The molecule has 0 N–H and O–H groups in total. The number of imidazole rings is 1. The summed E-state index contributed by atoms with van der Waals surface area (Å²) in [7, 11) is 2.08. The molecule has 8 heteroatoms. The number of pyridine rings is 1. The van der Waals surface area contributed by atoms with Gasteiger partial charge < -0.3 is 19.1 Å². The molecule has 4 aromatic rings. The van der Waals surface area contributed by atoms with Gasteiger partial charge in [0.1, 0.15) is 5.82 Å². The van der Waals surface area contributed by atoms with Gasteiger partial charge in [0.05, 0.1) is 36.6 Å². The fourth-order valence-electron chi connectivity index (χ4n) is 7.74. The molecule has 2 aromatic carbocycles. The number of piperidine rings is 1. The Morgan fingerprint density at radius 3 is 2.16 bits per heavy atom. The third-order valence-corrected chi connectivity index (χ3v) is 10.9. The van der Waals surface area contributed by atoms with Crippen molar-refractivity contribution in [2.75, 3.05) is 75.4 Å². The Hall–Kier alpha value is -3.46. The fourth-order valence-corrected chi connectivity index (χ4v) is 7.74. The van der Waals surface area contributed by atoms with E-state index in [9.17, 15) is 0 Å². The summed E-state index contributed by atoms with van der Waals surface area (Å²) in [4.78, 5) is 19.9. The number of aromatic nitrogens is 3. The van der Waals surface area contributed by atoms with E-state index in [-0.39, 0.29) is 0 Å². The second-order valence-corrected chi connectivity index (χ2v) is 13.9. The van der Waals surface area contributed by atoms with Crippen molar-refractivity contribution in [3.8, 4) is 22.3 Å². The van der Waals surface area contributed by atoms with Crippen molar-refractivity contribution >= 4 is 22.5 Å². The fraction of sp³-hybridized carbons (Fsp3) is 0.500. The number of piperazine rings is 1. The van der Waals surface area contributed by atoms with Crippen LogP contribution in [0.3, 0.4) is 0 Å². The summed E-state index contributed by atoms with van der Waals surface area (Å²) in [6, 6.07) is 19.4. The molecule has 44 heavy (non-hydrogen) atoms. The van der Waals surface area contributed by atoms with E-state index in [0.29, 0.717) is 17.5 Å². The van der Waals surface area contributed by atoms with Gasteiger partial charge in [0.2, 0.25) is 0 Å². The van der Waals surface area contributed by atoms with Crippen LogP contribution >= 0.6 is 0 Å². The summed E-state index contributed by atoms with van der Waals surface area (Å²) in [5, 5.41) is 0. The Morgan fingerprint density at radius 2 is 1.52 bits per heavy atom. The third-order valence-electron chi connectivity index (χ3n) is 10.9. The van der Waals surface area contributed by atoms with E-state index in [2.05, 4.69) is 93.6 Å². The van der Waals surface area contributed by atoms with Gasteiger partial charge in [-0.2, -0.15) is 0 Å². The first kappa shape index (κ1) is 28.0. The van der Waals surface area contributed by atoms with Gasteiger partial charge >= 0.3 is 0 Å². The lowest BCUT2D eigenvalue weighted by Crippen LogP contribution is -2.66. The minimum Gasteiger partial charge on any atom is -0.378 e. The first-order valence-corrected chi connectivity index (χ1v) is 16.5. The van der Waals surface area contributed by atoms with E-state index in [0.717, 1.165) is 74.9 Å². The molecule has 6 heterocycles. The van der Waals surface area contributed by atoms with Crippen LogP contribution in [0.25, 0.3) is 33.3 Å². The zero-order chi connectivity index (χ0) is 29.8. The highest BCUT2D eigenvalue weighted by molar-refractivity contribution is 5.96. The first-order valence-electron chi connectivity index (χ1n) is 16.5. The van der Waals surface area contributed by atoms with Gasteiger partial charge in [-0.3, -0.25) is 9.80 Å². The molecule has 0 saturated carbocycles. The van der Waals surface area contributed by atoms with Gasteiger partial charge in [0.25, 0.3) is 0 Å². The summed E-state index contributed by atoms with van der Waals surface area (Å²) in [6.07, 6.45) is 6.54.